The smallest absolute Gasteiger partial charge is 0.338 e. The van der Waals surface area contributed by atoms with E-state index in [1.165, 1.54) is 19.3 Å². The Balaban J connectivity index is 1.96. The van der Waals surface area contributed by atoms with Gasteiger partial charge in [-0.05, 0) is 31.9 Å². The van der Waals surface area contributed by atoms with Gasteiger partial charge in [0.2, 0.25) is 0 Å². The van der Waals surface area contributed by atoms with E-state index in [-0.39, 0.29) is 12.1 Å². The Bertz CT molecular complexity index is 969. The van der Waals surface area contributed by atoms with Gasteiger partial charge in [0, 0.05) is 5.56 Å². The SMILES string of the molecule is CCCCCCCOc1ccccc1C1NC(=O)NC(c2ccccc2)=C1C(=O)OC(C)C. The second kappa shape index (κ2) is 12.1. The predicted molar refractivity (Wildman–Crippen MR) is 130 cm³/mol. The van der Waals surface area contributed by atoms with E-state index in [4.69, 9.17) is 9.47 Å². The summed E-state index contributed by atoms with van der Waals surface area (Å²) in [7, 11) is 0. The summed E-state index contributed by atoms with van der Waals surface area (Å²) in [4.78, 5) is 25.9. The molecule has 6 heteroatoms. The first-order valence-electron chi connectivity index (χ1n) is 11.8. The third-order valence-electron chi connectivity index (χ3n) is 5.43. The summed E-state index contributed by atoms with van der Waals surface area (Å²) in [6.45, 7) is 6.39. The van der Waals surface area contributed by atoms with Gasteiger partial charge in [-0.25, -0.2) is 9.59 Å². The third-order valence-corrected chi connectivity index (χ3v) is 5.43. The lowest BCUT2D eigenvalue weighted by Gasteiger charge is -2.31. The maximum Gasteiger partial charge on any atom is 0.338 e. The number of ether oxygens (including phenoxy) is 2. The van der Waals surface area contributed by atoms with E-state index in [0.29, 0.717) is 23.6 Å². The number of hydrogen-bond donors (Lipinski definition) is 2. The molecule has 1 unspecified atom stereocenters. The van der Waals surface area contributed by atoms with Crippen LogP contribution in [-0.2, 0) is 9.53 Å². The van der Waals surface area contributed by atoms with E-state index in [1.807, 2.05) is 54.6 Å². The molecular formula is C27H34N2O4. The standard InChI is InChI=1S/C27H34N2O4/c1-4-5-6-7-13-18-32-22-17-12-11-16-21(22)25-23(26(30)33-19(2)3)24(28-27(31)29-25)20-14-9-8-10-15-20/h8-12,14-17,19,25H,4-7,13,18H2,1-3H3,(H2,28,29,31). The van der Waals surface area contributed by atoms with E-state index in [2.05, 4.69) is 17.6 Å². The number of hydrogen-bond acceptors (Lipinski definition) is 4. The van der Waals surface area contributed by atoms with Crippen LogP contribution in [0.5, 0.6) is 5.75 Å². The summed E-state index contributed by atoms with van der Waals surface area (Å²) < 4.78 is 11.7. The zero-order valence-corrected chi connectivity index (χ0v) is 19.7. The van der Waals surface area contributed by atoms with Crippen molar-refractivity contribution >= 4 is 17.7 Å². The number of urea groups is 1. The van der Waals surface area contributed by atoms with E-state index < -0.39 is 12.0 Å². The fourth-order valence-electron chi connectivity index (χ4n) is 3.87. The van der Waals surface area contributed by atoms with Crippen LogP contribution < -0.4 is 15.4 Å². The van der Waals surface area contributed by atoms with Gasteiger partial charge in [-0.2, -0.15) is 0 Å². The van der Waals surface area contributed by atoms with Crippen molar-refractivity contribution in [2.45, 2.75) is 65.0 Å². The number of carbonyl (C=O) groups excluding carboxylic acids is 2. The minimum atomic E-state index is -0.698. The topological polar surface area (TPSA) is 76.7 Å². The van der Waals surface area contributed by atoms with Crippen LogP contribution in [0.15, 0.2) is 60.2 Å². The monoisotopic (exact) mass is 450 g/mol. The van der Waals surface area contributed by atoms with Crippen molar-refractivity contribution in [2.75, 3.05) is 6.61 Å². The average molecular weight is 451 g/mol. The summed E-state index contributed by atoms with van der Waals surface area (Å²) in [5.74, 6) is 0.179. The highest BCUT2D eigenvalue weighted by Gasteiger charge is 2.36. The summed E-state index contributed by atoms with van der Waals surface area (Å²) in [6.07, 6.45) is 5.40. The van der Waals surface area contributed by atoms with Crippen LogP contribution >= 0.6 is 0 Å². The van der Waals surface area contributed by atoms with Gasteiger partial charge in [-0.3, -0.25) is 0 Å². The van der Waals surface area contributed by atoms with Crippen molar-refractivity contribution in [3.63, 3.8) is 0 Å². The molecule has 3 rings (SSSR count). The Morgan fingerprint density at radius 1 is 0.970 bits per heavy atom. The Kier molecular flexibility index (Phi) is 8.93. The highest BCUT2D eigenvalue weighted by atomic mass is 16.5. The molecule has 2 aromatic carbocycles. The number of carbonyl (C=O) groups is 2. The highest BCUT2D eigenvalue weighted by Crippen LogP contribution is 2.36. The van der Waals surface area contributed by atoms with Crippen molar-refractivity contribution in [3.8, 4) is 5.75 Å². The molecule has 1 aliphatic heterocycles. The molecule has 1 atom stereocenters. The molecule has 176 valence electrons. The van der Waals surface area contributed by atoms with Crippen molar-refractivity contribution in [2.24, 2.45) is 0 Å². The molecular weight excluding hydrogens is 416 g/mol. The van der Waals surface area contributed by atoms with Crippen LogP contribution in [0, 0.1) is 0 Å². The van der Waals surface area contributed by atoms with E-state index >= 15 is 0 Å². The molecule has 33 heavy (non-hydrogen) atoms. The molecule has 1 aliphatic rings. The molecule has 2 aromatic rings. The maximum absolute atomic E-state index is 13.2. The van der Waals surface area contributed by atoms with Crippen molar-refractivity contribution < 1.29 is 19.1 Å². The largest absolute Gasteiger partial charge is 0.493 e. The lowest BCUT2D eigenvalue weighted by Crippen LogP contribution is -2.45. The molecule has 2 amide bonds. The normalized spacial score (nSPS) is 15.8. The van der Waals surface area contributed by atoms with E-state index in [1.54, 1.807) is 13.8 Å². The second-order valence-electron chi connectivity index (χ2n) is 8.44. The van der Waals surface area contributed by atoms with E-state index in [0.717, 1.165) is 24.0 Å². The van der Waals surface area contributed by atoms with Gasteiger partial charge < -0.3 is 20.1 Å². The van der Waals surface area contributed by atoms with Crippen LogP contribution in [0.1, 0.15) is 70.0 Å². The fraction of sp³-hybridized carbons (Fsp3) is 0.407. The predicted octanol–water partition coefficient (Wildman–Crippen LogP) is 5.75. The van der Waals surface area contributed by atoms with Crippen LogP contribution in [0.3, 0.4) is 0 Å². The van der Waals surface area contributed by atoms with Gasteiger partial charge in [0.15, 0.2) is 0 Å². The zero-order valence-electron chi connectivity index (χ0n) is 19.7. The van der Waals surface area contributed by atoms with Gasteiger partial charge >= 0.3 is 12.0 Å². The number of para-hydroxylation sites is 1. The molecule has 0 radical (unpaired) electrons. The van der Waals surface area contributed by atoms with Crippen LogP contribution in [0.25, 0.3) is 5.70 Å². The second-order valence-corrected chi connectivity index (χ2v) is 8.44. The molecule has 0 saturated heterocycles. The first-order chi connectivity index (χ1) is 16.0. The molecule has 2 N–H and O–H groups in total. The Hall–Kier alpha value is -3.28. The van der Waals surface area contributed by atoms with Crippen LogP contribution in [0.2, 0.25) is 0 Å². The first-order valence-corrected chi connectivity index (χ1v) is 11.8. The number of esters is 1. The van der Waals surface area contributed by atoms with Crippen molar-refractivity contribution in [1.82, 2.24) is 10.6 Å². The first kappa shape index (κ1) is 24.4. The summed E-state index contributed by atoms with van der Waals surface area (Å²) >= 11 is 0. The van der Waals surface area contributed by atoms with Gasteiger partial charge in [-0.15, -0.1) is 0 Å². The van der Waals surface area contributed by atoms with Gasteiger partial charge in [-0.1, -0.05) is 81.1 Å². The quantitative estimate of drug-likeness (QED) is 0.337. The highest BCUT2D eigenvalue weighted by molar-refractivity contribution is 6.04. The number of unbranched alkanes of at least 4 members (excludes halogenated alkanes) is 4. The number of rotatable bonds is 11. The van der Waals surface area contributed by atoms with Crippen LogP contribution in [0.4, 0.5) is 4.79 Å². The molecule has 0 saturated carbocycles. The third kappa shape index (κ3) is 6.60. The minimum Gasteiger partial charge on any atom is -0.493 e. The number of amides is 2. The van der Waals surface area contributed by atoms with Crippen molar-refractivity contribution in [1.29, 1.82) is 0 Å². The minimum absolute atomic E-state index is 0.296. The molecule has 0 spiro atoms. The van der Waals surface area contributed by atoms with Gasteiger partial charge in [0.25, 0.3) is 0 Å². The maximum atomic E-state index is 13.2. The fourth-order valence-corrected chi connectivity index (χ4v) is 3.87. The number of benzene rings is 2. The molecule has 0 bridgehead atoms. The summed E-state index contributed by atoms with van der Waals surface area (Å²) in [5, 5.41) is 5.72. The Labute approximate surface area is 196 Å². The Morgan fingerprint density at radius 3 is 2.39 bits per heavy atom. The molecule has 1 heterocycles. The summed E-state index contributed by atoms with van der Waals surface area (Å²) in [5.41, 5.74) is 2.27. The molecule has 0 aromatic heterocycles. The molecule has 0 fully saturated rings. The molecule has 6 nitrogen and oxygen atoms in total. The zero-order chi connectivity index (χ0) is 23.6. The number of nitrogens with one attached hydrogen (secondary N) is 2. The van der Waals surface area contributed by atoms with Crippen molar-refractivity contribution in [3.05, 3.63) is 71.3 Å². The Morgan fingerprint density at radius 2 is 1.67 bits per heavy atom. The van der Waals surface area contributed by atoms with Gasteiger partial charge in [0.05, 0.1) is 30.0 Å². The lowest BCUT2D eigenvalue weighted by atomic mass is 9.92. The van der Waals surface area contributed by atoms with Crippen LogP contribution in [-0.4, -0.2) is 24.7 Å². The van der Waals surface area contributed by atoms with E-state index in [9.17, 15) is 9.59 Å². The lowest BCUT2D eigenvalue weighted by molar-refractivity contribution is -0.143. The average Bonchev–Trinajstić information content (AvgIpc) is 2.81. The summed E-state index contributed by atoms with van der Waals surface area (Å²) in [6, 6.07) is 15.8. The van der Waals surface area contributed by atoms with Gasteiger partial charge in [0.1, 0.15) is 5.75 Å². The molecule has 0 aliphatic carbocycles.